The number of aromatic nitrogens is 1. The Balaban J connectivity index is 2.34. The van der Waals surface area contributed by atoms with E-state index >= 15 is 0 Å². The smallest absolute Gasteiger partial charge is 0.0850 e. The summed E-state index contributed by atoms with van der Waals surface area (Å²) in [6.45, 7) is 7.19. The van der Waals surface area contributed by atoms with E-state index in [0.717, 1.165) is 17.8 Å². The lowest BCUT2D eigenvalue weighted by molar-refractivity contribution is 0.237. The molecule has 0 spiro atoms. The lowest BCUT2D eigenvalue weighted by Crippen LogP contribution is -2.23. The summed E-state index contributed by atoms with van der Waals surface area (Å²) in [5.74, 6) is 0. The number of rotatable bonds is 3. The predicted octanol–water partition coefficient (Wildman–Crippen LogP) is 3.26. The average Bonchev–Trinajstić information content (AvgIpc) is 2.87. The van der Waals surface area contributed by atoms with Crippen LogP contribution < -0.4 is 0 Å². The van der Waals surface area contributed by atoms with Crippen LogP contribution in [0.25, 0.3) is 5.57 Å². The van der Waals surface area contributed by atoms with Gasteiger partial charge >= 0.3 is 0 Å². The third kappa shape index (κ3) is 2.34. The third-order valence-corrected chi connectivity index (χ3v) is 3.38. The van der Waals surface area contributed by atoms with Crippen molar-refractivity contribution in [3.8, 4) is 0 Å². The molecule has 0 radical (unpaired) electrons. The number of nitrogens with one attached hydrogen (secondary N) is 1. The van der Waals surface area contributed by atoms with Crippen molar-refractivity contribution in [2.24, 2.45) is 10.4 Å². The Morgan fingerprint density at radius 2 is 2.29 bits per heavy atom. The molecule has 0 saturated heterocycles. The van der Waals surface area contributed by atoms with Gasteiger partial charge in [0.15, 0.2) is 0 Å². The number of allylic oxidation sites excluding steroid dienone is 2. The van der Waals surface area contributed by atoms with Crippen molar-refractivity contribution in [3.63, 3.8) is 0 Å². The molecule has 1 aliphatic rings. The molecular formula is C14H20N2O. The summed E-state index contributed by atoms with van der Waals surface area (Å²) >= 11 is 0. The lowest BCUT2D eigenvalue weighted by Gasteiger charge is -2.19. The minimum atomic E-state index is 0.110. The Morgan fingerprint density at radius 3 is 2.88 bits per heavy atom. The Labute approximate surface area is 103 Å². The van der Waals surface area contributed by atoms with Crippen molar-refractivity contribution < 1.29 is 4.74 Å². The van der Waals surface area contributed by atoms with E-state index in [1.807, 2.05) is 12.3 Å². The summed E-state index contributed by atoms with van der Waals surface area (Å²) in [7, 11) is 1.72. The van der Waals surface area contributed by atoms with Crippen molar-refractivity contribution in [2.75, 3.05) is 13.7 Å². The standard InChI is InChI=1S/C14H20N2O/c1-10(11-6-5-7-15-11)12-8-14(2,3)13(16-12)9-17-4/h5-7,15H,8-9H2,1-4H3/b12-10-. The van der Waals surface area contributed by atoms with Crippen LogP contribution in [0.2, 0.25) is 0 Å². The highest BCUT2D eigenvalue weighted by atomic mass is 16.5. The quantitative estimate of drug-likeness (QED) is 0.853. The molecule has 1 N–H and O–H groups in total. The highest BCUT2D eigenvalue weighted by molar-refractivity contribution is 5.95. The Morgan fingerprint density at radius 1 is 1.53 bits per heavy atom. The summed E-state index contributed by atoms with van der Waals surface area (Å²) in [4.78, 5) is 7.97. The van der Waals surface area contributed by atoms with E-state index in [9.17, 15) is 0 Å². The molecule has 17 heavy (non-hydrogen) atoms. The lowest BCUT2D eigenvalue weighted by atomic mass is 9.85. The fourth-order valence-electron chi connectivity index (χ4n) is 2.17. The summed E-state index contributed by atoms with van der Waals surface area (Å²) < 4.78 is 5.22. The summed E-state index contributed by atoms with van der Waals surface area (Å²) in [6, 6.07) is 4.10. The maximum atomic E-state index is 5.22. The number of ether oxygens (including phenoxy) is 1. The number of aromatic amines is 1. The first-order valence-electron chi connectivity index (χ1n) is 5.95. The average molecular weight is 232 g/mol. The SMILES string of the molecule is COCC1=N/C(=C(/C)c2ccc[nH]2)CC1(C)C. The second kappa shape index (κ2) is 4.49. The van der Waals surface area contributed by atoms with Crippen LogP contribution in [0.3, 0.4) is 0 Å². The fraction of sp³-hybridized carbons (Fsp3) is 0.500. The van der Waals surface area contributed by atoms with Gasteiger partial charge in [-0.1, -0.05) is 13.8 Å². The molecule has 1 aliphatic heterocycles. The van der Waals surface area contributed by atoms with Gasteiger partial charge in [0.2, 0.25) is 0 Å². The molecule has 0 aliphatic carbocycles. The van der Waals surface area contributed by atoms with Gasteiger partial charge in [-0.15, -0.1) is 0 Å². The zero-order valence-electron chi connectivity index (χ0n) is 11.0. The van der Waals surface area contributed by atoms with Gasteiger partial charge in [-0.05, 0) is 24.6 Å². The van der Waals surface area contributed by atoms with E-state index < -0.39 is 0 Å². The van der Waals surface area contributed by atoms with Gasteiger partial charge in [0, 0.05) is 42.2 Å². The van der Waals surface area contributed by atoms with Gasteiger partial charge < -0.3 is 9.72 Å². The highest BCUT2D eigenvalue weighted by Crippen LogP contribution is 2.38. The summed E-state index contributed by atoms with van der Waals surface area (Å²) in [5.41, 5.74) is 4.80. The number of nitrogens with zero attached hydrogens (tertiary/aromatic N) is 1. The molecule has 2 rings (SSSR count). The molecule has 2 heterocycles. The minimum Gasteiger partial charge on any atom is -0.379 e. The van der Waals surface area contributed by atoms with Gasteiger partial charge in [-0.2, -0.15) is 0 Å². The Bertz CT molecular complexity index is 453. The Hall–Kier alpha value is -1.35. The third-order valence-electron chi connectivity index (χ3n) is 3.38. The maximum Gasteiger partial charge on any atom is 0.0850 e. The predicted molar refractivity (Wildman–Crippen MR) is 71.1 cm³/mol. The fourth-order valence-corrected chi connectivity index (χ4v) is 2.17. The monoisotopic (exact) mass is 232 g/mol. The molecule has 1 aromatic rings. The van der Waals surface area contributed by atoms with Crippen LogP contribution in [0, 0.1) is 5.41 Å². The maximum absolute atomic E-state index is 5.22. The Kier molecular flexibility index (Phi) is 3.20. The van der Waals surface area contributed by atoms with E-state index in [1.54, 1.807) is 7.11 Å². The second-order valence-corrected chi connectivity index (χ2v) is 5.21. The van der Waals surface area contributed by atoms with Crippen LogP contribution in [-0.4, -0.2) is 24.4 Å². The molecule has 0 bridgehead atoms. The molecule has 0 atom stereocenters. The van der Waals surface area contributed by atoms with E-state index in [2.05, 4.69) is 31.8 Å². The number of H-pyrrole nitrogens is 1. The molecule has 3 heteroatoms. The first-order chi connectivity index (χ1) is 8.04. The van der Waals surface area contributed by atoms with E-state index in [4.69, 9.17) is 9.73 Å². The van der Waals surface area contributed by atoms with Gasteiger partial charge in [0.25, 0.3) is 0 Å². The summed E-state index contributed by atoms with van der Waals surface area (Å²) in [5, 5.41) is 0. The molecule has 1 aromatic heterocycles. The van der Waals surface area contributed by atoms with Crippen molar-refractivity contribution in [2.45, 2.75) is 27.2 Å². The summed E-state index contributed by atoms with van der Waals surface area (Å²) in [6.07, 6.45) is 2.93. The second-order valence-electron chi connectivity index (χ2n) is 5.21. The number of aliphatic imine (C=N–C) groups is 1. The number of hydrogen-bond acceptors (Lipinski definition) is 2. The van der Waals surface area contributed by atoms with Crippen LogP contribution in [0.5, 0.6) is 0 Å². The normalized spacial score (nSPS) is 21.5. The van der Waals surface area contributed by atoms with Gasteiger partial charge in [0.05, 0.1) is 6.61 Å². The van der Waals surface area contributed by atoms with E-state index in [-0.39, 0.29) is 5.41 Å². The van der Waals surface area contributed by atoms with Crippen molar-refractivity contribution >= 4 is 11.3 Å². The molecule has 0 aromatic carbocycles. The molecule has 3 nitrogen and oxygen atoms in total. The van der Waals surface area contributed by atoms with Crippen LogP contribution >= 0.6 is 0 Å². The van der Waals surface area contributed by atoms with Gasteiger partial charge in [-0.3, -0.25) is 4.99 Å². The number of methoxy groups -OCH3 is 1. The first-order valence-corrected chi connectivity index (χ1v) is 5.95. The van der Waals surface area contributed by atoms with Crippen molar-refractivity contribution in [1.82, 2.24) is 4.98 Å². The molecular weight excluding hydrogens is 212 g/mol. The van der Waals surface area contributed by atoms with Crippen LogP contribution in [0.4, 0.5) is 0 Å². The molecule has 0 saturated carbocycles. The largest absolute Gasteiger partial charge is 0.379 e. The van der Waals surface area contributed by atoms with Crippen LogP contribution in [-0.2, 0) is 4.74 Å². The molecule has 92 valence electrons. The molecule has 0 fully saturated rings. The first kappa shape index (κ1) is 12.1. The molecule has 0 amide bonds. The molecule has 0 unspecified atom stereocenters. The minimum absolute atomic E-state index is 0.110. The highest BCUT2D eigenvalue weighted by Gasteiger charge is 2.32. The van der Waals surface area contributed by atoms with E-state index in [0.29, 0.717) is 6.61 Å². The zero-order chi connectivity index (χ0) is 12.5. The zero-order valence-corrected chi connectivity index (χ0v) is 11.0. The van der Waals surface area contributed by atoms with Gasteiger partial charge in [0.1, 0.15) is 0 Å². The van der Waals surface area contributed by atoms with Crippen LogP contribution in [0.1, 0.15) is 32.9 Å². The van der Waals surface area contributed by atoms with E-state index in [1.165, 1.54) is 11.3 Å². The topological polar surface area (TPSA) is 37.4 Å². The van der Waals surface area contributed by atoms with Crippen molar-refractivity contribution in [1.29, 1.82) is 0 Å². The van der Waals surface area contributed by atoms with Crippen LogP contribution in [0.15, 0.2) is 29.0 Å². The van der Waals surface area contributed by atoms with Crippen molar-refractivity contribution in [3.05, 3.63) is 29.7 Å². The van der Waals surface area contributed by atoms with Gasteiger partial charge in [-0.25, -0.2) is 0 Å². The number of hydrogen-bond donors (Lipinski definition) is 1.